The van der Waals surface area contributed by atoms with Gasteiger partial charge >= 0.3 is 5.97 Å². The molecule has 0 atom stereocenters. The number of esters is 1. The Hall–Kier alpha value is -1.50. The van der Waals surface area contributed by atoms with Gasteiger partial charge in [0.1, 0.15) is 5.71 Å². The zero-order valence-corrected chi connectivity index (χ0v) is 14.9. The van der Waals surface area contributed by atoms with Crippen molar-refractivity contribution in [2.75, 3.05) is 7.11 Å². The van der Waals surface area contributed by atoms with E-state index in [9.17, 15) is 4.79 Å². The lowest BCUT2D eigenvalue weighted by Crippen LogP contribution is -2.07. The Morgan fingerprint density at radius 1 is 0.957 bits per heavy atom. The molecule has 0 aliphatic carbocycles. The van der Waals surface area contributed by atoms with E-state index >= 15 is 0 Å². The summed E-state index contributed by atoms with van der Waals surface area (Å²) < 4.78 is 4.50. The molecule has 0 aliphatic heterocycles. The van der Waals surface area contributed by atoms with Gasteiger partial charge in [0.25, 0.3) is 0 Å². The minimum absolute atomic E-state index is 0.0712. The molecule has 23 heavy (non-hydrogen) atoms. The fourth-order valence-electron chi connectivity index (χ4n) is 2.36. The van der Waals surface area contributed by atoms with Gasteiger partial charge in [0, 0.05) is 6.42 Å². The Morgan fingerprint density at radius 2 is 1.48 bits per heavy atom. The van der Waals surface area contributed by atoms with Crippen molar-refractivity contribution >= 4 is 11.7 Å². The van der Waals surface area contributed by atoms with Gasteiger partial charge < -0.3 is 9.94 Å². The molecule has 132 valence electrons. The number of rotatable bonds is 13. The predicted molar refractivity (Wildman–Crippen MR) is 94.7 cm³/mol. The van der Waals surface area contributed by atoms with Crippen LogP contribution in [-0.4, -0.2) is 24.0 Å². The van der Waals surface area contributed by atoms with Crippen LogP contribution >= 0.6 is 0 Å². The van der Waals surface area contributed by atoms with Gasteiger partial charge in [0.05, 0.1) is 13.5 Å². The lowest BCUT2D eigenvalue weighted by Gasteiger charge is -2.01. The highest BCUT2D eigenvalue weighted by Gasteiger charge is 2.04. The highest BCUT2D eigenvalue weighted by molar-refractivity contribution is 6.09. The summed E-state index contributed by atoms with van der Waals surface area (Å²) in [5.41, 5.74) is 0.167. The number of unbranched alkanes of at least 4 members (excludes halogenated alkanes) is 11. The van der Waals surface area contributed by atoms with E-state index in [4.69, 9.17) is 5.21 Å². The molecule has 0 rings (SSSR count). The third-order valence-corrected chi connectivity index (χ3v) is 3.80. The minimum Gasteiger partial charge on any atom is -0.469 e. The zero-order chi connectivity index (χ0) is 17.2. The van der Waals surface area contributed by atoms with Crippen LogP contribution in [0.4, 0.5) is 0 Å². The molecule has 0 radical (unpaired) electrons. The summed E-state index contributed by atoms with van der Waals surface area (Å²) >= 11 is 0. The number of oxime groups is 1. The molecule has 0 heterocycles. The Kier molecular flexibility index (Phi) is 15.8. The largest absolute Gasteiger partial charge is 0.469 e. The van der Waals surface area contributed by atoms with E-state index in [1.165, 1.54) is 71.3 Å². The topological polar surface area (TPSA) is 58.9 Å². The normalized spacial score (nSPS) is 11.0. The molecule has 0 unspecified atom stereocenters. The van der Waals surface area contributed by atoms with Crippen LogP contribution in [0.1, 0.15) is 90.4 Å². The Bertz CT molecular complexity index is 380. The van der Waals surface area contributed by atoms with E-state index in [-0.39, 0.29) is 12.1 Å². The lowest BCUT2D eigenvalue weighted by atomic mass is 10.1. The van der Waals surface area contributed by atoms with Crippen LogP contribution in [0.5, 0.6) is 0 Å². The molecule has 0 amide bonds. The van der Waals surface area contributed by atoms with Crippen molar-refractivity contribution in [1.82, 2.24) is 0 Å². The Labute approximate surface area is 141 Å². The third kappa shape index (κ3) is 15.2. The van der Waals surface area contributed by atoms with Gasteiger partial charge in [-0.2, -0.15) is 0 Å². The van der Waals surface area contributed by atoms with E-state index in [0.717, 1.165) is 12.8 Å². The van der Waals surface area contributed by atoms with Gasteiger partial charge in [-0.1, -0.05) is 82.2 Å². The molecule has 0 saturated heterocycles. The fourth-order valence-corrected chi connectivity index (χ4v) is 2.36. The van der Waals surface area contributed by atoms with E-state index in [1.54, 1.807) is 0 Å². The summed E-state index contributed by atoms with van der Waals surface area (Å²) in [6.45, 7) is 2.25. The third-order valence-electron chi connectivity index (χ3n) is 3.80. The Morgan fingerprint density at radius 3 is 1.96 bits per heavy atom. The number of carbonyl (C=O) groups is 1. The first-order valence-electron chi connectivity index (χ1n) is 9.01. The van der Waals surface area contributed by atoms with Gasteiger partial charge in [-0.15, -0.1) is 0 Å². The van der Waals surface area contributed by atoms with Crippen LogP contribution in [-0.2, 0) is 9.53 Å². The maximum atomic E-state index is 11.0. The highest BCUT2D eigenvalue weighted by Crippen LogP contribution is 2.11. The molecule has 0 bridgehead atoms. The summed E-state index contributed by atoms with van der Waals surface area (Å²) in [5, 5.41) is 11.8. The van der Waals surface area contributed by atoms with Crippen LogP contribution in [0.15, 0.2) is 5.16 Å². The fraction of sp³-hybridized carbons (Fsp3) is 0.789. The number of hydrogen-bond acceptors (Lipinski definition) is 4. The van der Waals surface area contributed by atoms with Crippen LogP contribution in [0.3, 0.4) is 0 Å². The molecule has 0 aromatic heterocycles. The first-order chi connectivity index (χ1) is 11.2. The second-order valence-electron chi connectivity index (χ2n) is 5.89. The summed E-state index contributed by atoms with van der Waals surface area (Å²) in [6, 6.07) is 0. The van der Waals surface area contributed by atoms with Crippen LogP contribution in [0.25, 0.3) is 0 Å². The molecule has 0 aromatic carbocycles. The van der Waals surface area contributed by atoms with Crippen molar-refractivity contribution in [2.24, 2.45) is 5.16 Å². The highest BCUT2D eigenvalue weighted by atomic mass is 16.5. The molecular weight excluding hydrogens is 290 g/mol. The monoisotopic (exact) mass is 323 g/mol. The van der Waals surface area contributed by atoms with Crippen molar-refractivity contribution in [3.05, 3.63) is 0 Å². The predicted octanol–water partition coefficient (Wildman–Crippen LogP) is 5.08. The average Bonchev–Trinajstić information content (AvgIpc) is 2.57. The van der Waals surface area contributed by atoms with Crippen molar-refractivity contribution in [3.63, 3.8) is 0 Å². The summed E-state index contributed by atoms with van der Waals surface area (Å²) in [4.78, 5) is 11.0. The summed E-state index contributed by atoms with van der Waals surface area (Å²) in [7, 11) is 1.30. The zero-order valence-electron chi connectivity index (χ0n) is 14.9. The number of ether oxygens (including phenoxy) is 1. The van der Waals surface area contributed by atoms with E-state index < -0.39 is 5.97 Å². The summed E-state index contributed by atoms with van der Waals surface area (Å²) in [5.74, 6) is 5.22. The maximum Gasteiger partial charge on any atom is 0.312 e. The van der Waals surface area contributed by atoms with Crippen LogP contribution < -0.4 is 0 Å². The van der Waals surface area contributed by atoms with Gasteiger partial charge in [0.2, 0.25) is 0 Å². The van der Waals surface area contributed by atoms with Crippen molar-refractivity contribution in [2.45, 2.75) is 90.4 Å². The first-order valence-corrected chi connectivity index (χ1v) is 9.01. The van der Waals surface area contributed by atoms with Crippen LogP contribution in [0.2, 0.25) is 0 Å². The van der Waals surface area contributed by atoms with E-state index in [0.29, 0.717) is 0 Å². The number of methoxy groups -OCH3 is 1. The standard InChI is InChI=1S/C19H33NO3/c1-3-4-5-6-7-8-9-10-11-12-13-14-15-16-18(20-22)17-19(21)23-2/h22H,3-14,17H2,1-2H3/b20-18-. The van der Waals surface area contributed by atoms with Gasteiger partial charge in [0.15, 0.2) is 0 Å². The summed E-state index contributed by atoms with van der Waals surface area (Å²) in [6.07, 6.45) is 15.1. The van der Waals surface area contributed by atoms with Crippen molar-refractivity contribution in [3.8, 4) is 11.8 Å². The van der Waals surface area contributed by atoms with Gasteiger partial charge in [-0.05, 0) is 12.3 Å². The SMILES string of the molecule is CCCCCCCCCCCCCC#C/C(CC(=O)OC)=N/O. The lowest BCUT2D eigenvalue weighted by molar-refractivity contribution is -0.139. The van der Waals surface area contributed by atoms with Gasteiger partial charge in [-0.25, -0.2) is 0 Å². The second kappa shape index (κ2) is 16.9. The number of hydrogen-bond donors (Lipinski definition) is 1. The second-order valence-corrected chi connectivity index (χ2v) is 5.89. The molecule has 0 aliphatic rings. The molecule has 0 saturated carbocycles. The number of nitrogens with zero attached hydrogens (tertiary/aromatic N) is 1. The average molecular weight is 323 g/mol. The quantitative estimate of drug-likeness (QED) is 0.128. The molecule has 0 fully saturated rings. The maximum absolute atomic E-state index is 11.0. The molecule has 1 N–H and O–H groups in total. The smallest absolute Gasteiger partial charge is 0.312 e. The molecule has 0 spiro atoms. The molecule has 0 aromatic rings. The van der Waals surface area contributed by atoms with Crippen molar-refractivity contribution in [1.29, 1.82) is 0 Å². The van der Waals surface area contributed by atoms with Crippen LogP contribution in [0, 0.1) is 11.8 Å². The molecular formula is C19H33NO3. The van der Waals surface area contributed by atoms with Crippen molar-refractivity contribution < 1.29 is 14.7 Å². The molecule has 4 nitrogen and oxygen atoms in total. The van der Waals surface area contributed by atoms with Gasteiger partial charge in [-0.3, -0.25) is 4.79 Å². The number of carbonyl (C=O) groups excluding carboxylic acids is 1. The first kappa shape index (κ1) is 21.5. The molecule has 4 heteroatoms. The minimum atomic E-state index is -0.443. The Balaban J connectivity index is 3.45. The van der Waals surface area contributed by atoms with E-state index in [2.05, 4.69) is 28.7 Å². The van der Waals surface area contributed by atoms with E-state index in [1.807, 2.05) is 0 Å².